The number of fused-ring (bicyclic) bond motifs is 1. The lowest BCUT2D eigenvalue weighted by Crippen LogP contribution is -2.43. The van der Waals surface area contributed by atoms with Crippen LogP contribution in [0.15, 0.2) is 42.5 Å². The van der Waals surface area contributed by atoms with Gasteiger partial charge in [-0.25, -0.2) is 12.7 Å². The summed E-state index contributed by atoms with van der Waals surface area (Å²) in [4.78, 5) is 12.8. The van der Waals surface area contributed by atoms with Gasteiger partial charge in [0.2, 0.25) is 10.0 Å². The first-order chi connectivity index (χ1) is 13.3. The van der Waals surface area contributed by atoms with Crippen LogP contribution in [0.25, 0.3) is 0 Å². The molecule has 3 atom stereocenters. The average molecular weight is 404 g/mol. The maximum Gasteiger partial charge on any atom is 0.260 e. The normalized spacial score (nSPS) is 32.1. The molecule has 1 spiro atoms. The van der Waals surface area contributed by atoms with Crippen molar-refractivity contribution in [1.82, 2.24) is 4.31 Å². The van der Waals surface area contributed by atoms with E-state index >= 15 is 0 Å². The Morgan fingerprint density at radius 2 is 2.04 bits per heavy atom. The number of carbonyl (C=O) groups excluding carboxylic acids is 1. The molecule has 1 amide bonds. The van der Waals surface area contributed by atoms with Gasteiger partial charge in [0.25, 0.3) is 5.91 Å². The van der Waals surface area contributed by atoms with Crippen molar-refractivity contribution < 1.29 is 17.9 Å². The molecule has 2 aliphatic carbocycles. The quantitative estimate of drug-likeness (QED) is 0.539. The molecule has 3 aliphatic rings. The van der Waals surface area contributed by atoms with E-state index in [1.165, 1.54) is 10.4 Å². The van der Waals surface area contributed by atoms with Crippen molar-refractivity contribution in [3.05, 3.63) is 48.0 Å². The molecule has 0 aromatic heterocycles. The fourth-order valence-electron chi connectivity index (χ4n) is 5.75. The Bertz CT molecular complexity index is 877. The highest BCUT2D eigenvalue weighted by atomic mass is 32.2. The zero-order valence-corrected chi connectivity index (χ0v) is 17.5. The van der Waals surface area contributed by atoms with Crippen LogP contribution in [0.2, 0.25) is 0 Å². The SMILES string of the molecule is CC1(C)[C@@H]2CC[C@]13CS(=O)(=O)N(C(=O)/C=C/CCOCc1ccccc1)[C@@H]3C2. The third kappa shape index (κ3) is 3.01. The van der Waals surface area contributed by atoms with Gasteiger partial charge in [-0.05, 0) is 42.6 Å². The van der Waals surface area contributed by atoms with Crippen molar-refractivity contribution in [2.45, 2.75) is 52.2 Å². The minimum atomic E-state index is -3.54. The van der Waals surface area contributed by atoms with E-state index in [2.05, 4.69) is 13.8 Å². The van der Waals surface area contributed by atoms with E-state index in [4.69, 9.17) is 4.74 Å². The van der Waals surface area contributed by atoms with E-state index in [1.54, 1.807) is 6.08 Å². The van der Waals surface area contributed by atoms with Gasteiger partial charge in [-0.15, -0.1) is 0 Å². The summed E-state index contributed by atoms with van der Waals surface area (Å²) in [6.45, 7) is 5.40. The lowest BCUT2D eigenvalue weighted by atomic mass is 9.69. The van der Waals surface area contributed by atoms with Crippen LogP contribution in [-0.4, -0.2) is 37.0 Å². The highest BCUT2D eigenvalue weighted by Gasteiger charge is 2.72. The van der Waals surface area contributed by atoms with Gasteiger partial charge in [0.15, 0.2) is 0 Å². The lowest BCUT2D eigenvalue weighted by Gasteiger charge is -2.36. The molecule has 2 saturated carbocycles. The van der Waals surface area contributed by atoms with Gasteiger partial charge in [-0.1, -0.05) is 50.3 Å². The van der Waals surface area contributed by atoms with Crippen molar-refractivity contribution in [1.29, 1.82) is 0 Å². The third-order valence-electron chi connectivity index (χ3n) is 7.43. The summed E-state index contributed by atoms with van der Waals surface area (Å²) in [6, 6.07) is 9.74. The zero-order valence-electron chi connectivity index (χ0n) is 16.6. The zero-order chi connectivity index (χ0) is 20.0. The first-order valence-corrected chi connectivity index (χ1v) is 11.7. The summed E-state index contributed by atoms with van der Waals surface area (Å²) in [6.07, 6.45) is 6.53. The Morgan fingerprint density at radius 3 is 2.75 bits per heavy atom. The van der Waals surface area contributed by atoms with Gasteiger partial charge < -0.3 is 4.74 Å². The van der Waals surface area contributed by atoms with Crippen LogP contribution < -0.4 is 0 Å². The summed E-state index contributed by atoms with van der Waals surface area (Å²) >= 11 is 0. The molecule has 2 bridgehead atoms. The molecular formula is C22H29NO4S. The molecule has 1 aromatic carbocycles. The van der Waals surface area contributed by atoms with Gasteiger partial charge in [0.1, 0.15) is 0 Å². The molecule has 0 radical (unpaired) electrons. The van der Waals surface area contributed by atoms with Gasteiger partial charge in [0.05, 0.1) is 25.0 Å². The standard InChI is InChI=1S/C22H29NO4S/c1-21(2)18-11-12-22(21)16-28(25,26)23(19(22)14-18)20(24)10-6-7-13-27-15-17-8-4-3-5-9-17/h3-6,8-10,18-19H,7,11-16H2,1-2H3/b10-6+/t18-,19-,22-/m1/s1. The summed E-state index contributed by atoms with van der Waals surface area (Å²) in [5.74, 6) is 0.237. The Hall–Kier alpha value is -1.66. The molecule has 1 aromatic rings. The second-order valence-electron chi connectivity index (χ2n) is 8.98. The van der Waals surface area contributed by atoms with E-state index in [-0.39, 0.29) is 22.6 Å². The number of nitrogens with zero attached hydrogens (tertiary/aromatic N) is 1. The fraction of sp³-hybridized carbons (Fsp3) is 0.591. The smallest absolute Gasteiger partial charge is 0.260 e. The van der Waals surface area contributed by atoms with Gasteiger partial charge >= 0.3 is 0 Å². The molecule has 0 unspecified atom stereocenters. The molecule has 1 saturated heterocycles. The Morgan fingerprint density at radius 1 is 1.29 bits per heavy atom. The van der Waals surface area contributed by atoms with Gasteiger partial charge in [-0.2, -0.15) is 0 Å². The van der Waals surface area contributed by atoms with E-state index < -0.39 is 15.9 Å². The van der Waals surface area contributed by atoms with Crippen LogP contribution in [0, 0.1) is 16.7 Å². The molecular weight excluding hydrogens is 374 g/mol. The summed E-state index contributed by atoms with van der Waals surface area (Å²) in [7, 11) is -3.54. The van der Waals surface area contributed by atoms with E-state index in [0.29, 0.717) is 25.6 Å². The summed E-state index contributed by atoms with van der Waals surface area (Å²) in [5, 5.41) is 0. The first kappa shape index (κ1) is 19.6. The Labute approximate surface area is 167 Å². The van der Waals surface area contributed by atoms with Crippen LogP contribution in [0.4, 0.5) is 0 Å². The minimum absolute atomic E-state index is 0.0191. The van der Waals surface area contributed by atoms with Crippen LogP contribution in [0.5, 0.6) is 0 Å². The Kier molecular flexibility index (Phi) is 4.91. The predicted octanol–water partition coefficient (Wildman–Crippen LogP) is 3.52. The second-order valence-corrected chi connectivity index (χ2v) is 10.8. The lowest BCUT2D eigenvalue weighted by molar-refractivity contribution is -0.124. The van der Waals surface area contributed by atoms with Crippen molar-refractivity contribution in [3.63, 3.8) is 0 Å². The predicted molar refractivity (Wildman–Crippen MR) is 108 cm³/mol. The van der Waals surface area contributed by atoms with Crippen molar-refractivity contribution >= 4 is 15.9 Å². The number of ether oxygens (including phenoxy) is 1. The Balaban J connectivity index is 1.35. The molecule has 4 rings (SSSR count). The highest BCUT2D eigenvalue weighted by Crippen LogP contribution is 2.69. The number of hydrogen-bond donors (Lipinski definition) is 0. The van der Waals surface area contributed by atoms with Crippen molar-refractivity contribution in [2.24, 2.45) is 16.7 Å². The number of amides is 1. The second kappa shape index (κ2) is 6.99. The topological polar surface area (TPSA) is 63.7 Å². The largest absolute Gasteiger partial charge is 0.376 e. The molecule has 152 valence electrons. The summed E-state index contributed by atoms with van der Waals surface area (Å²) < 4.78 is 32.5. The minimum Gasteiger partial charge on any atom is -0.376 e. The maximum absolute atomic E-state index is 12.8. The van der Waals surface area contributed by atoms with E-state index in [1.807, 2.05) is 30.3 Å². The number of rotatable bonds is 6. The number of hydrogen-bond acceptors (Lipinski definition) is 4. The fourth-order valence-corrected chi connectivity index (χ4v) is 8.26. The van der Waals surface area contributed by atoms with E-state index in [9.17, 15) is 13.2 Å². The number of sulfonamides is 1. The van der Waals surface area contributed by atoms with E-state index in [0.717, 1.165) is 24.8 Å². The number of benzene rings is 1. The highest BCUT2D eigenvalue weighted by molar-refractivity contribution is 7.90. The molecule has 5 nitrogen and oxygen atoms in total. The third-order valence-corrected chi connectivity index (χ3v) is 9.34. The molecule has 3 fully saturated rings. The van der Waals surface area contributed by atoms with Crippen LogP contribution in [0.1, 0.15) is 45.1 Å². The monoisotopic (exact) mass is 403 g/mol. The van der Waals surface area contributed by atoms with Gasteiger partial charge in [0, 0.05) is 11.5 Å². The van der Waals surface area contributed by atoms with Crippen LogP contribution >= 0.6 is 0 Å². The molecule has 6 heteroatoms. The van der Waals surface area contributed by atoms with Crippen molar-refractivity contribution in [3.8, 4) is 0 Å². The van der Waals surface area contributed by atoms with Crippen LogP contribution in [-0.2, 0) is 26.2 Å². The molecule has 28 heavy (non-hydrogen) atoms. The van der Waals surface area contributed by atoms with Crippen LogP contribution in [0.3, 0.4) is 0 Å². The van der Waals surface area contributed by atoms with Gasteiger partial charge in [-0.3, -0.25) is 4.79 Å². The molecule has 1 heterocycles. The molecule has 0 N–H and O–H groups in total. The van der Waals surface area contributed by atoms with Crippen molar-refractivity contribution in [2.75, 3.05) is 12.4 Å². The first-order valence-electron chi connectivity index (χ1n) is 10.1. The summed E-state index contributed by atoms with van der Waals surface area (Å²) in [5.41, 5.74) is 0.822. The average Bonchev–Trinajstić information content (AvgIpc) is 3.13. The number of carbonyl (C=O) groups is 1. The molecule has 1 aliphatic heterocycles. The maximum atomic E-state index is 12.8.